The van der Waals surface area contributed by atoms with Crippen molar-refractivity contribution in [1.82, 2.24) is 15.6 Å². The first-order valence-electron chi connectivity index (χ1n) is 7.50. The number of carbonyl (C=O) groups excluding carboxylic acids is 1. The van der Waals surface area contributed by atoms with Gasteiger partial charge in [-0.1, -0.05) is 18.5 Å². The van der Waals surface area contributed by atoms with Crippen molar-refractivity contribution in [2.24, 2.45) is 0 Å². The molecule has 0 aliphatic heterocycles. The summed E-state index contributed by atoms with van der Waals surface area (Å²) in [4.78, 5) is 16.1. The SMILES string of the molecule is CCc1nc(CCNC(=O)NCCOc2ccc(Cl)cc2)cs1. The van der Waals surface area contributed by atoms with Gasteiger partial charge in [-0.3, -0.25) is 0 Å². The Morgan fingerprint density at radius 2 is 2.00 bits per heavy atom. The summed E-state index contributed by atoms with van der Waals surface area (Å²) in [6.45, 7) is 3.49. The van der Waals surface area contributed by atoms with Crippen LogP contribution in [0.25, 0.3) is 0 Å². The quantitative estimate of drug-likeness (QED) is 0.716. The molecule has 2 aromatic rings. The maximum Gasteiger partial charge on any atom is 0.314 e. The van der Waals surface area contributed by atoms with Gasteiger partial charge >= 0.3 is 6.03 Å². The molecule has 1 heterocycles. The lowest BCUT2D eigenvalue weighted by atomic mass is 10.3. The Hall–Kier alpha value is -1.79. The Kier molecular flexibility index (Phi) is 7.16. The lowest BCUT2D eigenvalue weighted by Crippen LogP contribution is -2.38. The van der Waals surface area contributed by atoms with Crippen LogP contribution in [0.1, 0.15) is 17.6 Å². The number of nitrogens with zero attached hydrogens (tertiary/aromatic N) is 1. The lowest BCUT2D eigenvalue weighted by molar-refractivity contribution is 0.236. The van der Waals surface area contributed by atoms with Crippen molar-refractivity contribution in [3.63, 3.8) is 0 Å². The number of aryl methyl sites for hydroxylation is 1. The van der Waals surface area contributed by atoms with E-state index in [1.165, 1.54) is 0 Å². The highest BCUT2D eigenvalue weighted by Crippen LogP contribution is 2.15. The van der Waals surface area contributed by atoms with Crippen LogP contribution in [-0.2, 0) is 12.8 Å². The largest absolute Gasteiger partial charge is 0.492 e. The van der Waals surface area contributed by atoms with Crippen LogP contribution in [0.4, 0.5) is 4.79 Å². The molecule has 0 bridgehead atoms. The molecule has 0 unspecified atom stereocenters. The summed E-state index contributed by atoms with van der Waals surface area (Å²) in [5, 5.41) is 9.39. The van der Waals surface area contributed by atoms with E-state index >= 15 is 0 Å². The second-order valence-corrected chi connectivity index (χ2v) is 6.20. The highest BCUT2D eigenvalue weighted by molar-refractivity contribution is 7.09. The summed E-state index contributed by atoms with van der Waals surface area (Å²) in [6.07, 6.45) is 1.69. The van der Waals surface area contributed by atoms with Gasteiger partial charge < -0.3 is 15.4 Å². The third-order valence-corrected chi connectivity index (χ3v) is 4.33. The van der Waals surface area contributed by atoms with E-state index < -0.39 is 0 Å². The van der Waals surface area contributed by atoms with Crippen molar-refractivity contribution in [3.8, 4) is 5.75 Å². The van der Waals surface area contributed by atoms with Crippen molar-refractivity contribution in [2.45, 2.75) is 19.8 Å². The van der Waals surface area contributed by atoms with E-state index in [0.717, 1.165) is 29.3 Å². The van der Waals surface area contributed by atoms with Gasteiger partial charge in [0.2, 0.25) is 0 Å². The lowest BCUT2D eigenvalue weighted by Gasteiger charge is -2.08. The van der Waals surface area contributed by atoms with Gasteiger partial charge in [0.25, 0.3) is 0 Å². The van der Waals surface area contributed by atoms with E-state index in [9.17, 15) is 4.79 Å². The zero-order valence-corrected chi connectivity index (χ0v) is 14.5. The fourth-order valence-corrected chi connectivity index (χ4v) is 2.76. The minimum Gasteiger partial charge on any atom is -0.492 e. The highest BCUT2D eigenvalue weighted by Gasteiger charge is 2.03. The van der Waals surface area contributed by atoms with Crippen molar-refractivity contribution in [1.29, 1.82) is 0 Å². The summed E-state index contributed by atoms with van der Waals surface area (Å²) in [5.74, 6) is 0.729. The summed E-state index contributed by atoms with van der Waals surface area (Å²) in [6, 6.07) is 6.91. The second kappa shape index (κ2) is 9.37. The number of rotatable bonds is 8. The van der Waals surface area contributed by atoms with Crippen LogP contribution in [-0.4, -0.2) is 30.7 Å². The normalized spacial score (nSPS) is 10.3. The van der Waals surface area contributed by atoms with Gasteiger partial charge in [0.15, 0.2) is 0 Å². The molecule has 1 aromatic heterocycles. The Bertz CT molecular complexity index is 616. The van der Waals surface area contributed by atoms with E-state index in [0.29, 0.717) is 24.7 Å². The summed E-state index contributed by atoms with van der Waals surface area (Å²) >= 11 is 7.45. The minimum atomic E-state index is -0.198. The van der Waals surface area contributed by atoms with Gasteiger partial charge in [-0.25, -0.2) is 9.78 Å². The first kappa shape index (κ1) is 17.6. The average molecular weight is 354 g/mol. The topological polar surface area (TPSA) is 63.2 Å². The number of urea groups is 1. The Morgan fingerprint density at radius 3 is 2.70 bits per heavy atom. The Morgan fingerprint density at radius 1 is 1.26 bits per heavy atom. The molecule has 0 fully saturated rings. The number of thiazole rings is 1. The van der Waals surface area contributed by atoms with Gasteiger partial charge in [-0.15, -0.1) is 11.3 Å². The van der Waals surface area contributed by atoms with Crippen molar-refractivity contribution >= 4 is 29.0 Å². The maximum absolute atomic E-state index is 11.6. The van der Waals surface area contributed by atoms with E-state index in [2.05, 4.69) is 22.5 Å². The van der Waals surface area contributed by atoms with Crippen molar-refractivity contribution in [2.75, 3.05) is 19.7 Å². The van der Waals surface area contributed by atoms with Crippen molar-refractivity contribution < 1.29 is 9.53 Å². The molecule has 0 atom stereocenters. The molecule has 5 nitrogen and oxygen atoms in total. The predicted octanol–water partition coefficient (Wildman–Crippen LogP) is 3.28. The Labute approximate surface area is 145 Å². The number of nitrogens with one attached hydrogen (secondary N) is 2. The molecule has 0 aliphatic carbocycles. The molecule has 0 radical (unpaired) electrons. The molecule has 1 aromatic carbocycles. The van der Waals surface area contributed by atoms with Gasteiger partial charge in [0.1, 0.15) is 12.4 Å². The molecule has 23 heavy (non-hydrogen) atoms. The zero-order valence-electron chi connectivity index (χ0n) is 13.0. The highest BCUT2D eigenvalue weighted by atomic mass is 35.5. The molecule has 7 heteroatoms. The first-order valence-corrected chi connectivity index (χ1v) is 8.76. The average Bonchev–Trinajstić information content (AvgIpc) is 3.01. The standard InChI is InChI=1S/C16H20ClN3O2S/c1-2-15-20-13(11-23-15)7-8-18-16(21)19-9-10-22-14-5-3-12(17)4-6-14/h3-6,11H,2,7-10H2,1H3,(H2,18,19,21). The number of benzene rings is 1. The number of halogens is 1. The zero-order chi connectivity index (χ0) is 16.5. The number of amides is 2. The summed E-state index contributed by atoms with van der Waals surface area (Å²) in [7, 11) is 0. The molecular weight excluding hydrogens is 334 g/mol. The molecule has 2 rings (SSSR count). The summed E-state index contributed by atoms with van der Waals surface area (Å²) < 4.78 is 5.49. The maximum atomic E-state index is 11.6. The first-order chi connectivity index (χ1) is 11.2. The molecule has 0 saturated heterocycles. The van der Waals surface area contributed by atoms with E-state index in [-0.39, 0.29) is 6.03 Å². The van der Waals surface area contributed by atoms with Gasteiger partial charge in [0.05, 0.1) is 17.2 Å². The van der Waals surface area contributed by atoms with Crippen LogP contribution in [0.5, 0.6) is 5.75 Å². The van der Waals surface area contributed by atoms with E-state index in [1.807, 2.05) is 5.38 Å². The third kappa shape index (κ3) is 6.46. The molecule has 2 amide bonds. The number of ether oxygens (including phenoxy) is 1. The number of aromatic nitrogens is 1. The van der Waals surface area contributed by atoms with Crippen molar-refractivity contribution in [3.05, 3.63) is 45.4 Å². The molecule has 0 spiro atoms. The molecule has 2 N–H and O–H groups in total. The molecular formula is C16H20ClN3O2S. The summed E-state index contributed by atoms with van der Waals surface area (Å²) in [5.41, 5.74) is 1.03. The van der Waals surface area contributed by atoms with Crippen LogP contribution >= 0.6 is 22.9 Å². The number of hydrogen-bond acceptors (Lipinski definition) is 4. The smallest absolute Gasteiger partial charge is 0.314 e. The molecule has 0 aliphatic rings. The van der Waals surface area contributed by atoms with Gasteiger partial charge in [-0.05, 0) is 30.7 Å². The minimum absolute atomic E-state index is 0.198. The van der Waals surface area contributed by atoms with Crippen LogP contribution in [0.2, 0.25) is 5.02 Å². The molecule has 124 valence electrons. The van der Waals surface area contributed by atoms with Gasteiger partial charge in [0, 0.05) is 23.4 Å². The van der Waals surface area contributed by atoms with Crippen LogP contribution < -0.4 is 15.4 Å². The number of carbonyl (C=O) groups is 1. The predicted molar refractivity (Wildman–Crippen MR) is 93.5 cm³/mol. The van der Waals surface area contributed by atoms with Crippen LogP contribution in [0.15, 0.2) is 29.6 Å². The number of hydrogen-bond donors (Lipinski definition) is 2. The van der Waals surface area contributed by atoms with E-state index in [4.69, 9.17) is 16.3 Å². The van der Waals surface area contributed by atoms with Crippen LogP contribution in [0.3, 0.4) is 0 Å². The van der Waals surface area contributed by atoms with E-state index in [1.54, 1.807) is 35.6 Å². The Balaban J connectivity index is 1.55. The third-order valence-electron chi connectivity index (χ3n) is 3.04. The second-order valence-electron chi connectivity index (χ2n) is 4.82. The van der Waals surface area contributed by atoms with Crippen LogP contribution in [0, 0.1) is 0 Å². The monoisotopic (exact) mass is 353 g/mol. The molecule has 0 saturated carbocycles. The fraction of sp³-hybridized carbons (Fsp3) is 0.375. The fourth-order valence-electron chi connectivity index (χ4n) is 1.86. The van der Waals surface area contributed by atoms with Gasteiger partial charge in [-0.2, -0.15) is 0 Å².